The van der Waals surface area contributed by atoms with Gasteiger partial charge in [-0.2, -0.15) is 0 Å². The van der Waals surface area contributed by atoms with E-state index in [2.05, 4.69) is 65.2 Å². The lowest BCUT2D eigenvalue weighted by Crippen LogP contribution is -1.97. The van der Waals surface area contributed by atoms with Gasteiger partial charge in [0.05, 0.1) is 0 Å². The number of aryl methyl sites for hydroxylation is 3. The number of halogens is 1. The van der Waals surface area contributed by atoms with Gasteiger partial charge < -0.3 is 0 Å². The molecule has 0 amide bonds. The first kappa shape index (κ1) is 24.9. The molecule has 1 nitrogen and oxygen atoms in total. The van der Waals surface area contributed by atoms with E-state index in [9.17, 15) is 0 Å². The zero-order valence-corrected chi connectivity index (χ0v) is 17.7. The van der Waals surface area contributed by atoms with Gasteiger partial charge in [0.2, 0.25) is 0 Å². The summed E-state index contributed by atoms with van der Waals surface area (Å²) in [6, 6.07) is 2.17. The third-order valence-electron chi connectivity index (χ3n) is 3.88. The molecule has 0 saturated heterocycles. The average Bonchev–Trinajstić information content (AvgIpc) is 2.49. The maximum absolute atomic E-state index is 4.30. The largest absolute Gasteiger partial charge is 0.261 e. The molecular formula is C22H36ClN. The van der Waals surface area contributed by atoms with Crippen LogP contribution in [0.3, 0.4) is 0 Å². The van der Waals surface area contributed by atoms with Gasteiger partial charge in [-0.1, -0.05) is 50.6 Å². The lowest BCUT2D eigenvalue weighted by atomic mass is 9.89. The standard InChI is InChI=1S/C11H16.C9H13N.C2H6.ClH/c1-8(2)11-9(3)6-5-7-10(11)4;1-4-9-8(3)5-7(2)6-10-9;1-2;/h6H,1,5,7H2,2-4H3;5-6H,4H2,1-3H3;1-2H3;1H. The van der Waals surface area contributed by atoms with Crippen LogP contribution in [0, 0.1) is 13.8 Å². The highest BCUT2D eigenvalue weighted by Crippen LogP contribution is 2.28. The summed E-state index contributed by atoms with van der Waals surface area (Å²) in [7, 11) is 0. The Bertz CT molecular complexity index is 580. The lowest BCUT2D eigenvalue weighted by molar-refractivity contribution is 0.922. The highest BCUT2D eigenvalue weighted by atomic mass is 35.5. The minimum Gasteiger partial charge on any atom is -0.261 e. The van der Waals surface area contributed by atoms with Crippen LogP contribution in [-0.2, 0) is 6.42 Å². The van der Waals surface area contributed by atoms with Crippen molar-refractivity contribution in [1.82, 2.24) is 4.98 Å². The van der Waals surface area contributed by atoms with E-state index in [0.717, 1.165) is 6.42 Å². The Morgan fingerprint density at radius 1 is 1.17 bits per heavy atom. The Hall–Kier alpha value is -1.34. The molecule has 1 aliphatic carbocycles. The number of hydrogen-bond acceptors (Lipinski definition) is 1. The van der Waals surface area contributed by atoms with Crippen LogP contribution >= 0.6 is 12.4 Å². The summed E-state index contributed by atoms with van der Waals surface area (Å²) in [5.41, 5.74) is 9.27. The van der Waals surface area contributed by atoms with Crippen LogP contribution in [0.1, 0.15) is 71.2 Å². The van der Waals surface area contributed by atoms with E-state index in [-0.39, 0.29) is 12.4 Å². The maximum Gasteiger partial charge on any atom is 0.0430 e. The molecule has 0 radical (unpaired) electrons. The minimum atomic E-state index is 0. The molecule has 2 heteroatoms. The van der Waals surface area contributed by atoms with Gasteiger partial charge in [-0.05, 0) is 76.2 Å². The number of rotatable bonds is 2. The fourth-order valence-corrected chi connectivity index (χ4v) is 2.88. The Kier molecular flexibility index (Phi) is 13.5. The van der Waals surface area contributed by atoms with E-state index >= 15 is 0 Å². The van der Waals surface area contributed by atoms with E-state index in [0.29, 0.717) is 0 Å². The van der Waals surface area contributed by atoms with Crippen molar-refractivity contribution < 1.29 is 0 Å². The molecule has 0 bridgehead atoms. The normalized spacial score (nSPS) is 12.8. The van der Waals surface area contributed by atoms with Crippen LogP contribution in [0.15, 0.2) is 47.2 Å². The van der Waals surface area contributed by atoms with E-state index in [1.807, 2.05) is 20.0 Å². The molecule has 0 aliphatic heterocycles. The van der Waals surface area contributed by atoms with Crippen molar-refractivity contribution in [2.75, 3.05) is 0 Å². The third-order valence-corrected chi connectivity index (χ3v) is 3.88. The van der Waals surface area contributed by atoms with Gasteiger partial charge in [0.15, 0.2) is 0 Å². The van der Waals surface area contributed by atoms with Crippen LogP contribution in [-0.4, -0.2) is 4.98 Å². The molecular weight excluding hydrogens is 314 g/mol. The van der Waals surface area contributed by atoms with Gasteiger partial charge in [-0.15, -0.1) is 12.4 Å². The topological polar surface area (TPSA) is 12.9 Å². The van der Waals surface area contributed by atoms with E-state index < -0.39 is 0 Å². The molecule has 0 aromatic carbocycles. The summed E-state index contributed by atoms with van der Waals surface area (Å²) >= 11 is 0. The second-order valence-electron chi connectivity index (χ2n) is 5.99. The van der Waals surface area contributed by atoms with Crippen molar-refractivity contribution in [2.45, 2.75) is 74.7 Å². The Balaban J connectivity index is 0. The summed E-state index contributed by atoms with van der Waals surface area (Å²) in [4.78, 5) is 4.30. The molecule has 1 heterocycles. The Labute approximate surface area is 156 Å². The predicted octanol–water partition coefficient (Wildman–Crippen LogP) is 7.33. The molecule has 0 spiro atoms. The summed E-state index contributed by atoms with van der Waals surface area (Å²) < 4.78 is 0. The lowest BCUT2D eigenvalue weighted by Gasteiger charge is -2.17. The minimum absolute atomic E-state index is 0. The van der Waals surface area contributed by atoms with Gasteiger partial charge in [0.1, 0.15) is 0 Å². The first-order chi connectivity index (χ1) is 10.9. The molecule has 0 saturated carbocycles. The Morgan fingerprint density at radius 3 is 2.12 bits per heavy atom. The number of nitrogens with zero attached hydrogens (tertiary/aromatic N) is 1. The molecule has 0 atom stereocenters. The van der Waals surface area contributed by atoms with Crippen LogP contribution in [0.5, 0.6) is 0 Å². The molecule has 1 aromatic heterocycles. The quantitative estimate of drug-likeness (QED) is 0.544. The van der Waals surface area contributed by atoms with Gasteiger partial charge >= 0.3 is 0 Å². The first-order valence-electron chi connectivity index (χ1n) is 8.81. The van der Waals surface area contributed by atoms with Gasteiger partial charge in [-0.3, -0.25) is 4.98 Å². The highest BCUT2D eigenvalue weighted by molar-refractivity contribution is 5.85. The van der Waals surface area contributed by atoms with Crippen molar-refractivity contribution in [2.24, 2.45) is 0 Å². The van der Waals surface area contributed by atoms with Crippen LogP contribution in [0.4, 0.5) is 0 Å². The fourth-order valence-electron chi connectivity index (χ4n) is 2.88. The van der Waals surface area contributed by atoms with E-state index in [1.54, 1.807) is 0 Å². The third kappa shape index (κ3) is 7.97. The molecule has 1 aliphatic rings. The molecule has 2 rings (SSSR count). The first-order valence-corrected chi connectivity index (χ1v) is 8.81. The zero-order valence-electron chi connectivity index (χ0n) is 16.9. The summed E-state index contributed by atoms with van der Waals surface area (Å²) in [6.07, 6.45) is 7.67. The fraction of sp³-hybridized carbons (Fsp3) is 0.500. The Morgan fingerprint density at radius 2 is 1.75 bits per heavy atom. The molecule has 136 valence electrons. The van der Waals surface area contributed by atoms with Crippen LogP contribution < -0.4 is 0 Å². The highest BCUT2D eigenvalue weighted by Gasteiger charge is 2.09. The SMILES string of the molecule is C=C(C)C1=C(C)CCC=C1C.CC.CCc1ncc(C)cc1C.Cl. The van der Waals surface area contributed by atoms with E-state index in [4.69, 9.17) is 0 Å². The van der Waals surface area contributed by atoms with Crippen molar-refractivity contribution >= 4 is 12.4 Å². The second kappa shape index (κ2) is 13.0. The summed E-state index contributed by atoms with van der Waals surface area (Å²) in [5.74, 6) is 0. The molecule has 0 unspecified atom stereocenters. The summed E-state index contributed by atoms with van der Waals surface area (Å²) in [5, 5.41) is 0. The van der Waals surface area contributed by atoms with Gasteiger partial charge in [0, 0.05) is 11.9 Å². The number of pyridine rings is 1. The summed E-state index contributed by atoms with van der Waals surface area (Å²) in [6.45, 7) is 20.8. The number of allylic oxidation sites excluding steroid dienone is 5. The van der Waals surface area contributed by atoms with E-state index in [1.165, 1.54) is 52.0 Å². The van der Waals surface area contributed by atoms with Gasteiger partial charge in [0.25, 0.3) is 0 Å². The van der Waals surface area contributed by atoms with Crippen molar-refractivity contribution in [1.29, 1.82) is 0 Å². The van der Waals surface area contributed by atoms with Crippen LogP contribution in [0.25, 0.3) is 0 Å². The monoisotopic (exact) mass is 349 g/mol. The van der Waals surface area contributed by atoms with Gasteiger partial charge in [-0.25, -0.2) is 0 Å². The van der Waals surface area contributed by atoms with Crippen molar-refractivity contribution in [3.05, 3.63) is 64.0 Å². The molecule has 0 fully saturated rings. The smallest absolute Gasteiger partial charge is 0.0430 e. The van der Waals surface area contributed by atoms with Crippen LogP contribution in [0.2, 0.25) is 0 Å². The molecule has 1 aromatic rings. The zero-order chi connectivity index (χ0) is 18.0. The predicted molar refractivity (Wildman–Crippen MR) is 112 cm³/mol. The second-order valence-corrected chi connectivity index (χ2v) is 5.99. The number of hydrogen-bond donors (Lipinski definition) is 0. The molecule has 0 N–H and O–H groups in total. The van der Waals surface area contributed by atoms with Crippen molar-refractivity contribution in [3.8, 4) is 0 Å². The maximum atomic E-state index is 4.30. The molecule has 24 heavy (non-hydrogen) atoms. The van der Waals surface area contributed by atoms with Crippen molar-refractivity contribution in [3.63, 3.8) is 0 Å². The number of aromatic nitrogens is 1. The average molecular weight is 350 g/mol.